The lowest BCUT2D eigenvalue weighted by Gasteiger charge is -2.15. The van der Waals surface area contributed by atoms with Gasteiger partial charge in [0.1, 0.15) is 0 Å². The number of nitrogens with one attached hydrogen (secondary N) is 1. The van der Waals surface area contributed by atoms with E-state index >= 15 is 0 Å². The molecule has 0 saturated carbocycles. The molecule has 0 unspecified atom stereocenters. The molecular formula is C19H19NO5S. The fraction of sp³-hybridized carbons (Fsp3) is 0.263. The SMILES string of the molecule is CSc1ccccc1C(=O)OCC(=O)N[C@H](C)c1ccc2c(c1)OCO2. The second-order valence-corrected chi connectivity index (χ2v) is 6.53. The van der Waals surface area contributed by atoms with Crippen LogP contribution in [0.25, 0.3) is 0 Å². The maximum absolute atomic E-state index is 12.2. The van der Waals surface area contributed by atoms with Crippen molar-refractivity contribution >= 4 is 23.6 Å². The van der Waals surface area contributed by atoms with Crippen LogP contribution in [0.1, 0.15) is 28.9 Å². The molecule has 0 radical (unpaired) electrons. The fourth-order valence-electron chi connectivity index (χ4n) is 2.57. The Morgan fingerprint density at radius 2 is 1.96 bits per heavy atom. The van der Waals surface area contributed by atoms with E-state index in [-0.39, 0.29) is 25.3 Å². The van der Waals surface area contributed by atoms with Crippen molar-refractivity contribution in [2.75, 3.05) is 19.7 Å². The minimum Gasteiger partial charge on any atom is -0.454 e. The normalized spacial score (nSPS) is 13.2. The highest BCUT2D eigenvalue weighted by molar-refractivity contribution is 7.98. The van der Waals surface area contributed by atoms with Crippen LogP contribution in [-0.2, 0) is 9.53 Å². The number of carbonyl (C=O) groups is 2. The molecule has 0 bridgehead atoms. The van der Waals surface area contributed by atoms with Gasteiger partial charge in [-0.3, -0.25) is 4.79 Å². The average Bonchev–Trinajstić information content (AvgIpc) is 3.13. The number of benzene rings is 2. The van der Waals surface area contributed by atoms with E-state index in [1.807, 2.05) is 37.4 Å². The Balaban J connectivity index is 1.54. The molecule has 1 amide bonds. The van der Waals surface area contributed by atoms with Crippen LogP contribution in [0, 0.1) is 0 Å². The summed E-state index contributed by atoms with van der Waals surface area (Å²) in [6.07, 6.45) is 1.88. The van der Waals surface area contributed by atoms with Gasteiger partial charge in [0.2, 0.25) is 6.79 Å². The first-order valence-electron chi connectivity index (χ1n) is 8.07. The Morgan fingerprint density at radius 1 is 1.19 bits per heavy atom. The van der Waals surface area contributed by atoms with Crippen molar-refractivity contribution in [1.29, 1.82) is 0 Å². The molecule has 1 N–H and O–H groups in total. The van der Waals surface area contributed by atoms with Crippen molar-refractivity contribution in [3.05, 3.63) is 53.6 Å². The van der Waals surface area contributed by atoms with Gasteiger partial charge in [-0.15, -0.1) is 11.8 Å². The number of rotatable bonds is 6. The molecule has 7 heteroatoms. The topological polar surface area (TPSA) is 73.9 Å². The lowest BCUT2D eigenvalue weighted by molar-refractivity contribution is -0.124. The number of amides is 1. The number of hydrogen-bond donors (Lipinski definition) is 1. The standard InChI is InChI=1S/C19H19NO5S/c1-12(13-7-8-15-16(9-13)25-11-24-15)20-18(21)10-23-19(22)14-5-3-4-6-17(14)26-2/h3-9,12H,10-11H2,1-2H3,(H,20,21)/t12-/m1/s1. The number of hydrogen-bond acceptors (Lipinski definition) is 6. The van der Waals surface area contributed by atoms with Crippen molar-refractivity contribution in [1.82, 2.24) is 5.32 Å². The minimum absolute atomic E-state index is 0.201. The quantitative estimate of drug-likeness (QED) is 0.619. The summed E-state index contributed by atoms with van der Waals surface area (Å²) in [6, 6.07) is 12.4. The molecular weight excluding hydrogens is 354 g/mol. The number of esters is 1. The van der Waals surface area contributed by atoms with E-state index in [1.165, 1.54) is 11.8 Å². The van der Waals surface area contributed by atoms with Crippen LogP contribution < -0.4 is 14.8 Å². The van der Waals surface area contributed by atoms with Crippen molar-refractivity contribution in [3.8, 4) is 11.5 Å². The van der Waals surface area contributed by atoms with Crippen LogP contribution in [0.4, 0.5) is 0 Å². The molecule has 0 fully saturated rings. The Bertz CT molecular complexity index is 823. The summed E-state index contributed by atoms with van der Waals surface area (Å²) in [4.78, 5) is 25.1. The van der Waals surface area contributed by atoms with Crippen LogP contribution >= 0.6 is 11.8 Å². The van der Waals surface area contributed by atoms with Gasteiger partial charge in [-0.2, -0.15) is 0 Å². The van der Waals surface area contributed by atoms with E-state index in [1.54, 1.807) is 18.2 Å². The molecule has 1 heterocycles. The van der Waals surface area contributed by atoms with Gasteiger partial charge in [0.25, 0.3) is 5.91 Å². The van der Waals surface area contributed by atoms with Crippen molar-refractivity contribution in [2.24, 2.45) is 0 Å². The highest BCUT2D eigenvalue weighted by Crippen LogP contribution is 2.34. The third-order valence-electron chi connectivity index (χ3n) is 3.94. The lowest BCUT2D eigenvalue weighted by Crippen LogP contribution is -2.31. The smallest absolute Gasteiger partial charge is 0.339 e. The van der Waals surface area contributed by atoms with Gasteiger partial charge in [0.15, 0.2) is 18.1 Å². The van der Waals surface area contributed by atoms with E-state index < -0.39 is 5.97 Å². The second kappa shape index (κ2) is 8.14. The summed E-state index contributed by atoms with van der Waals surface area (Å²) in [6.45, 7) is 1.71. The number of ether oxygens (including phenoxy) is 3. The van der Waals surface area contributed by atoms with Crippen LogP contribution in [-0.4, -0.2) is 31.5 Å². The zero-order valence-electron chi connectivity index (χ0n) is 14.5. The summed E-state index contributed by atoms with van der Waals surface area (Å²) in [7, 11) is 0. The summed E-state index contributed by atoms with van der Waals surface area (Å²) >= 11 is 1.45. The third kappa shape index (κ3) is 4.11. The zero-order valence-corrected chi connectivity index (χ0v) is 15.3. The molecule has 26 heavy (non-hydrogen) atoms. The predicted molar refractivity (Wildman–Crippen MR) is 97.6 cm³/mol. The molecule has 2 aromatic carbocycles. The van der Waals surface area contributed by atoms with Gasteiger partial charge in [0.05, 0.1) is 11.6 Å². The largest absolute Gasteiger partial charge is 0.454 e. The number of fused-ring (bicyclic) bond motifs is 1. The van der Waals surface area contributed by atoms with Gasteiger partial charge in [-0.1, -0.05) is 18.2 Å². The monoisotopic (exact) mass is 373 g/mol. The van der Waals surface area contributed by atoms with Crippen molar-refractivity contribution in [3.63, 3.8) is 0 Å². The second-order valence-electron chi connectivity index (χ2n) is 5.68. The summed E-state index contributed by atoms with van der Waals surface area (Å²) < 4.78 is 15.7. The van der Waals surface area contributed by atoms with Crippen LogP contribution in [0.15, 0.2) is 47.4 Å². The maximum atomic E-state index is 12.2. The molecule has 2 aromatic rings. The minimum atomic E-state index is -0.513. The summed E-state index contributed by atoms with van der Waals surface area (Å²) in [5.74, 6) is 0.461. The van der Waals surface area contributed by atoms with E-state index in [0.717, 1.165) is 10.5 Å². The van der Waals surface area contributed by atoms with Crippen molar-refractivity contribution in [2.45, 2.75) is 17.9 Å². The highest BCUT2D eigenvalue weighted by atomic mass is 32.2. The molecule has 1 atom stereocenters. The molecule has 0 spiro atoms. The number of carbonyl (C=O) groups excluding carboxylic acids is 2. The van der Waals surface area contributed by atoms with Crippen LogP contribution in [0.5, 0.6) is 11.5 Å². The molecule has 136 valence electrons. The van der Waals surface area contributed by atoms with E-state index in [4.69, 9.17) is 14.2 Å². The third-order valence-corrected chi connectivity index (χ3v) is 4.73. The van der Waals surface area contributed by atoms with Crippen LogP contribution in [0.2, 0.25) is 0 Å². The molecule has 1 aliphatic heterocycles. The zero-order chi connectivity index (χ0) is 18.5. The van der Waals surface area contributed by atoms with Gasteiger partial charge >= 0.3 is 5.97 Å². The van der Waals surface area contributed by atoms with Gasteiger partial charge in [-0.25, -0.2) is 4.79 Å². The highest BCUT2D eigenvalue weighted by Gasteiger charge is 2.18. The molecule has 0 aromatic heterocycles. The molecule has 0 saturated heterocycles. The van der Waals surface area contributed by atoms with Crippen LogP contribution in [0.3, 0.4) is 0 Å². The van der Waals surface area contributed by atoms with Crippen molar-refractivity contribution < 1.29 is 23.8 Å². The first-order valence-corrected chi connectivity index (χ1v) is 9.30. The Kier molecular flexibility index (Phi) is 5.68. The summed E-state index contributed by atoms with van der Waals surface area (Å²) in [5, 5.41) is 2.81. The molecule has 0 aliphatic carbocycles. The Labute approximate surface area is 155 Å². The van der Waals surface area contributed by atoms with E-state index in [0.29, 0.717) is 17.1 Å². The summed E-state index contributed by atoms with van der Waals surface area (Å²) in [5.41, 5.74) is 1.33. The predicted octanol–water partition coefficient (Wildman–Crippen LogP) is 3.17. The van der Waals surface area contributed by atoms with Gasteiger partial charge < -0.3 is 19.5 Å². The average molecular weight is 373 g/mol. The van der Waals surface area contributed by atoms with E-state index in [9.17, 15) is 9.59 Å². The first kappa shape index (κ1) is 18.1. The molecule has 6 nitrogen and oxygen atoms in total. The van der Waals surface area contributed by atoms with Gasteiger partial charge in [-0.05, 0) is 43.0 Å². The number of thioether (sulfide) groups is 1. The fourth-order valence-corrected chi connectivity index (χ4v) is 3.16. The molecule has 3 rings (SSSR count). The van der Waals surface area contributed by atoms with E-state index in [2.05, 4.69) is 5.32 Å². The first-order chi connectivity index (χ1) is 12.6. The van der Waals surface area contributed by atoms with Gasteiger partial charge in [0, 0.05) is 4.90 Å². The Hall–Kier alpha value is -2.67. The molecule has 1 aliphatic rings. The maximum Gasteiger partial charge on any atom is 0.339 e. The lowest BCUT2D eigenvalue weighted by atomic mass is 10.1. The Morgan fingerprint density at radius 3 is 2.77 bits per heavy atom.